The largest absolute Gasteiger partial charge is 0.303 e. The van der Waals surface area contributed by atoms with Crippen molar-refractivity contribution >= 4 is 6.29 Å². The van der Waals surface area contributed by atoms with E-state index in [1.54, 1.807) is 0 Å². The number of unbranched alkanes of at least 4 members (excludes halogenated alkanes) is 8. The van der Waals surface area contributed by atoms with Gasteiger partial charge in [0.15, 0.2) is 0 Å². The summed E-state index contributed by atoms with van der Waals surface area (Å²) in [6.45, 7) is 11.2. The van der Waals surface area contributed by atoms with Crippen molar-refractivity contribution in [3.63, 3.8) is 0 Å². The van der Waals surface area contributed by atoms with E-state index in [0.29, 0.717) is 5.41 Å². The zero-order chi connectivity index (χ0) is 14.3. The van der Waals surface area contributed by atoms with E-state index in [9.17, 15) is 4.79 Å². The predicted octanol–water partition coefficient (Wildman–Crippen LogP) is 6.16. The standard InChI is InChI=1S/C11H22O.C6H14/c1-2-3-4-5-6-7-8-9-10-11-12;1-5-6(2,3)4/h11H,2-10H2,1H3;5H2,1-4H3. The average Bonchev–Trinajstić information content (AvgIpc) is 2.33. The number of rotatable bonds is 9. The Kier molecular flexibility index (Phi) is 16.4. The molecule has 0 radical (unpaired) electrons. The van der Waals surface area contributed by atoms with Crippen molar-refractivity contribution in [1.29, 1.82) is 0 Å². The third kappa shape index (κ3) is 24.8. The van der Waals surface area contributed by atoms with Gasteiger partial charge in [0.1, 0.15) is 6.29 Å². The van der Waals surface area contributed by atoms with E-state index in [1.807, 2.05) is 0 Å². The normalized spacial score (nSPS) is 10.7. The van der Waals surface area contributed by atoms with Crippen molar-refractivity contribution in [2.24, 2.45) is 5.41 Å². The van der Waals surface area contributed by atoms with Crippen LogP contribution >= 0.6 is 0 Å². The molecule has 0 amide bonds. The van der Waals surface area contributed by atoms with Crippen molar-refractivity contribution < 1.29 is 4.79 Å². The van der Waals surface area contributed by atoms with E-state index < -0.39 is 0 Å². The lowest BCUT2D eigenvalue weighted by molar-refractivity contribution is -0.107. The summed E-state index contributed by atoms with van der Waals surface area (Å²) in [4.78, 5) is 9.98. The fraction of sp³-hybridized carbons (Fsp3) is 0.941. The Hall–Kier alpha value is -0.330. The van der Waals surface area contributed by atoms with Crippen LogP contribution in [0.25, 0.3) is 0 Å². The zero-order valence-electron chi connectivity index (χ0n) is 13.6. The number of hydrogen-bond acceptors (Lipinski definition) is 1. The number of aldehydes is 1. The molecule has 0 bridgehead atoms. The van der Waals surface area contributed by atoms with Gasteiger partial charge < -0.3 is 4.79 Å². The Bertz CT molecular complexity index is 155. The number of carbonyl (C=O) groups excluding carboxylic acids is 1. The zero-order valence-corrected chi connectivity index (χ0v) is 13.6. The lowest BCUT2D eigenvalue weighted by Crippen LogP contribution is -2.00. The van der Waals surface area contributed by atoms with Gasteiger partial charge in [-0.2, -0.15) is 0 Å². The van der Waals surface area contributed by atoms with Crippen LogP contribution in [0.5, 0.6) is 0 Å². The van der Waals surface area contributed by atoms with Gasteiger partial charge in [-0.25, -0.2) is 0 Å². The van der Waals surface area contributed by atoms with Crippen LogP contribution in [-0.4, -0.2) is 6.29 Å². The molecule has 0 aromatic rings. The highest BCUT2D eigenvalue weighted by atomic mass is 16.1. The first-order valence-electron chi connectivity index (χ1n) is 7.91. The maximum Gasteiger partial charge on any atom is 0.119 e. The van der Waals surface area contributed by atoms with Crippen LogP contribution in [0.2, 0.25) is 0 Å². The summed E-state index contributed by atoms with van der Waals surface area (Å²) < 4.78 is 0. The molecule has 18 heavy (non-hydrogen) atoms. The summed E-state index contributed by atoms with van der Waals surface area (Å²) in [6.07, 6.45) is 13.6. The predicted molar refractivity (Wildman–Crippen MR) is 83.0 cm³/mol. The second-order valence-corrected chi connectivity index (χ2v) is 6.34. The first-order chi connectivity index (χ1) is 8.47. The summed E-state index contributed by atoms with van der Waals surface area (Å²) in [5.41, 5.74) is 0.542. The van der Waals surface area contributed by atoms with Crippen molar-refractivity contribution in [2.75, 3.05) is 0 Å². The molecule has 1 heteroatoms. The van der Waals surface area contributed by atoms with E-state index in [2.05, 4.69) is 34.6 Å². The van der Waals surface area contributed by atoms with E-state index in [1.165, 1.54) is 51.4 Å². The van der Waals surface area contributed by atoms with Gasteiger partial charge in [-0.05, 0) is 11.8 Å². The van der Waals surface area contributed by atoms with E-state index in [-0.39, 0.29) is 0 Å². The molecule has 0 unspecified atom stereocenters. The van der Waals surface area contributed by atoms with E-state index in [4.69, 9.17) is 0 Å². The summed E-state index contributed by atoms with van der Waals surface area (Å²) >= 11 is 0. The fourth-order valence-electron chi connectivity index (χ4n) is 1.36. The fourth-order valence-corrected chi connectivity index (χ4v) is 1.36. The Balaban J connectivity index is 0. The molecule has 0 aliphatic heterocycles. The second-order valence-electron chi connectivity index (χ2n) is 6.34. The first kappa shape index (κ1) is 20.0. The molecule has 0 atom stereocenters. The van der Waals surface area contributed by atoms with Crippen LogP contribution in [-0.2, 0) is 4.79 Å². The maximum atomic E-state index is 9.98. The molecule has 0 saturated carbocycles. The summed E-state index contributed by atoms with van der Waals surface area (Å²) in [5.74, 6) is 0. The lowest BCUT2D eigenvalue weighted by Gasteiger charge is -2.12. The lowest BCUT2D eigenvalue weighted by atomic mass is 9.94. The van der Waals surface area contributed by atoms with Gasteiger partial charge in [-0.1, -0.05) is 86.0 Å². The van der Waals surface area contributed by atoms with Crippen LogP contribution < -0.4 is 0 Å². The highest BCUT2D eigenvalue weighted by Gasteiger charge is 2.03. The third-order valence-electron chi connectivity index (χ3n) is 3.24. The van der Waals surface area contributed by atoms with Gasteiger partial charge >= 0.3 is 0 Å². The van der Waals surface area contributed by atoms with Crippen molar-refractivity contribution in [3.05, 3.63) is 0 Å². The van der Waals surface area contributed by atoms with Crippen molar-refractivity contribution in [1.82, 2.24) is 0 Å². The van der Waals surface area contributed by atoms with Crippen LogP contribution in [0.4, 0.5) is 0 Å². The summed E-state index contributed by atoms with van der Waals surface area (Å²) in [5, 5.41) is 0. The van der Waals surface area contributed by atoms with E-state index in [0.717, 1.165) is 19.1 Å². The van der Waals surface area contributed by atoms with Gasteiger partial charge in [0, 0.05) is 6.42 Å². The number of carbonyl (C=O) groups is 1. The molecular weight excluding hydrogens is 220 g/mol. The van der Waals surface area contributed by atoms with E-state index >= 15 is 0 Å². The molecule has 0 rings (SSSR count). The third-order valence-corrected chi connectivity index (χ3v) is 3.24. The van der Waals surface area contributed by atoms with Gasteiger partial charge in [0.2, 0.25) is 0 Å². The smallest absolute Gasteiger partial charge is 0.119 e. The quantitative estimate of drug-likeness (QED) is 0.357. The molecule has 0 fully saturated rings. The molecule has 0 spiro atoms. The Labute approximate surface area is 116 Å². The first-order valence-corrected chi connectivity index (χ1v) is 7.91. The highest BCUT2D eigenvalue weighted by Crippen LogP contribution is 2.16. The van der Waals surface area contributed by atoms with Gasteiger partial charge in [0.05, 0.1) is 0 Å². The summed E-state index contributed by atoms with van der Waals surface area (Å²) in [6, 6.07) is 0. The molecule has 0 heterocycles. The Morgan fingerprint density at radius 3 is 1.50 bits per heavy atom. The molecule has 0 aliphatic rings. The molecule has 0 aromatic heterocycles. The van der Waals surface area contributed by atoms with Gasteiger partial charge in [-0.3, -0.25) is 0 Å². The second kappa shape index (κ2) is 14.7. The van der Waals surface area contributed by atoms with Crippen LogP contribution in [0.3, 0.4) is 0 Å². The molecule has 110 valence electrons. The van der Waals surface area contributed by atoms with Crippen LogP contribution in [0.1, 0.15) is 98.8 Å². The molecular formula is C17H36O. The van der Waals surface area contributed by atoms with Crippen LogP contribution in [0, 0.1) is 5.41 Å². The maximum absolute atomic E-state index is 9.98. The topological polar surface area (TPSA) is 17.1 Å². The molecule has 1 nitrogen and oxygen atoms in total. The van der Waals surface area contributed by atoms with Crippen molar-refractivity contribution in [2.45, 2.75) is 98.8 Å². The van der Waals surface area contributed by atoms with Gasteiger partial charge in [0.25, 0.3) is 0 Å². The highest BCUT2D eigenvalue weighted by molar-refractivity contribution is 5.48. The SMILES string of the molecule is CCC(C)(C)C.CCCCCCCCCCC=O. The average molecular weight is 256 g/mol. The molecule has 0 aliphatic carbocycles. The minimum atomic E-state index is 0.542. The monoisotopic (exact) mass is 256 g/mol. The minimum Gasteiger partial charge on any atom is -0.303 e. The number of hydrogen-bond donors (Lipinski definition) is 0. The van der Waals surface area contributed by atoms with Gasteiger partial charge in [-0.15, -0.1) is 0 Å². The Morgan fingerprint density at radius 2 is 1.17 bits per heavy atom. The summed E-state index contributed by atoms with van der Waals surface area (Å²) in [7, 11) is 0. The molecule has 0 saturated heterocycles. The Morgan fingerprint density at radius 1 is 0.778 bits per heavy atom. The molecule has 0 aromatic carbocycles. The molecule has 0 N–H and O–H groups in total. The van der Waals surface area contributed by atoms with Crippen molar-refractivity contribution in [3.8, 4) is 0 Å². The van der Waals surface area contributed by atoms with Crippen LogP contribution in [0.15, 0.2) is 0 Å². The minimum absolute atomic E-state index is 0.542.